The highest BCUT2D eigenvalue weighted by Gasteiger charge is 2.39. The number of nitrogens with one attached hydrogen (secondary N) is 1. The van der Waals surface area contributed by atoms with E-state index in [0.717, 1.165) is 24.5 Å². The Morgan fingerprint density at radius 3 is 2.81 bits per heavy atom. The summed E-state index contributed by atoms with van der Waals surface area (Å²) < 4.78 is 0. The van der Waals surface area contributed by atoms with E-state index in [2.05, 4.69) is 10.4 Å². The van der Waals surface area contributed by atoms with E-state index in [1.165, 1.54) is 10.6 Å². The Kier molecular flexibility index (Phi) is 2.04. The Hall–Kier alpha value is -1.68. The summed E-state index contributed by atoms with van der Waals surface area (Å²) >= 11 is 0. The molecule has 2 aliphatic heterocycles. The summed E-state index contributed by atoms with van der Waals surface area (Å²) in [5, 5.41) is 9.05. The molecule has 0 aliphatic carbocycles. The number of nitrogens with zero attached hydrogens (tertiary/aromatic N) is 2. The Bertz CT molecular complexity index is 464. The van der Waals surface area contributed by atoms with Crippen LogP contribution in [0.15, 0.2) is 29.4 Å². The first-order chi connectivity index (χ1) is 7.75. The summed E-state index contributed by atoms with van der Waals surface area (Å²) in [4.78, 5) is 12.0. The van der Waals surface area contributed by atoms with Crippen LogP contribution in [0.1, 0.15) is 5.56 Å². The molecule has 2 aliphatic rings. The SMILES string of the molecule is Cc1ccc(N2N=C3CNCC3C2=O)cc1. The van der Waals surface area contributed by atoms with Crippen LogP contribution >= 0.6 is 0 Å². The molecular formula is C12H13N3O. The molecule has 1 aromatic rings. The van der Waals surface area contributed by atoms with Gasteiger partial charge in [0.15, 0.2) is 0 Å². The molecule has 2 heterocycles. The van der Waals surface area contributed by atoms with Crippen molar-refractivity contribution >= 4 is 17.3 Å². The monoisotopic (exact) mass is 215 g/mol. The average Bonchev–Trinajstić information content (AvgIpc) is 2.84. The van der Waals surface area contributed by atoms with E-state index in [4.69, 9.17) is 0 Å². The van der Waals surface area contributed by atoms with Gasteiger partial charge in [0, 0.05) is 13.1 Å². The number of fused-ring (bicyclic) bond motifs is 1. The van der Waals surface area contributed by atoms with E-state index < -0.39 is 0 Å². The first-order valence-electron chi connectivity index (χ1n) is 5.44. The predicted octanol–water partition coefficient (Wildman–Crippen LogP) is 0.917. The molecule has 0 aromatic heterocycles. The molecule has 1 unspecified atom stereocenters. The highest BCUT2D eigenvalue weighted by atomic mass is 16.2. The molecule has 0 spiro atoms. The number of benzene rings is 1. The predicted molar refractivity (Wildman–Crippen MR) is 62.5 cm³/mol. The zero-order chi connectivity index (χ0) is 11.1. The summed E-state index contributed by atoms with van der Waals surface area (Å²) in [6.07, 6.45) is 0. The molecule has 1 aromatic carbocycles. The van der Waals surface area contributed by atoms with E-state index in [1.807, 2.05) is 31.2 Å². The highest BCUT2D eigenvalue weighted by molar-refractivity contribution is 6.17. The number of hydrogen-bond donors (Lipinski definition) is 1. The van der Waals surface area contributed by atoms with E-state index in [1.54, 1.807) is 0 Å². The third kappa shape index (κ3) is 1.34. The lowest BCUT2D eigenvalue weighted by Crippen LogP contribution is -2.28. The fraction of sp³-hybridized carbons (Fsp3) is 0.333. The number of anilines is 1. The van der Waals surface area contributed by atoms with Crippen molar-refractivity contribution in [2.75, 3.05) is 18.1 Å². The Morgan fingerprint density at radius 1 is 1.38 bits per heavy atom. The Balaban J connectivity index is 1.94. The second-order valence-electron chi connectivity index (χ2n) is 4.26. The van der Waals surface area contributed by atoms with Gasteiger partial charge in [-0.2, -0.15) is 5.10 Å². The lowest BCUT2D eigenvalue weighted by atomic mass is 10.1. The second kappa shape index (κ2) is 3.42. The van der Waals surface area contributed by atoms with Gasteiger partial charge >= 0.3 is 0 Å². The van der Waals surface area contributed by atoms with Crippen molar-refractivity contribution in [1.82, 2.24) is 5.32 Å². The lowest BCUT2D eigenvalue weighted by molar-refractivity contribution is -0.119. The van der Waals surface area contributed by atoms with Crippen molar-refractivity contribution in [2.24, 2.45) is 11.0 Å². The Morgan fingerprint density at radius 2 is 2.12 bits per heavy atom. The van der Waals surface area contributed by atoms with Gasteiger partial charge < -0.3 is 5.32 Å². The largest absolute Gasteiger partial charge is 0.310 e. The average molecular weight is 215 g/mol. The van der Waals surface area contributed by atoms with Crippen molar-refractivity contribution in [3.05, 3.63) is 29.8 Å². The van der Waals surface area contributed by atoms with Gasteiger partial charge in [0.05, 0.1) is 17.3 Å². The van der Waals surface area contributed by atoms with Crippen molar-refractivity contribution in [2.45, 2.75) is 6.92 Å². The lowest BCUT2D eigenvalue weighted by Gasteiger charge is -2.13. The topological polar surface area (TPSA) is 44.7 Å². The van der Waals surface area contributed by atoms with E-state index in [0.29, 0.717) is 0 Å². The van der Waals surface area contributed by atoms with Crippen molar-refractivity contribution < 1.29 is 4.79 Å². The number of aryl methyl sites for hydroxylation is 1. The summed E-state index contributed by atoms with van der Waals surface area (Å²) in [7, 11) is 0. The van der Waals surface area contributed by atoms with Gasteiger partial charge in [0.2, 0.25) is 0 Å². The van der Waals surface area contributed by atoms with Crippen LogP contribution < -0.4 is 10.3 Å². The second-order valence-corrected chi connectivity index (χ2v) is 4.26. The molecule has 1 amide bonds. The van der Waals surface area contributed by atoms with Crippen molar-refractivity contribution in [1.29, 1.82) is 0 Å². The minimum Gasteiger partial charge on any atom is -0.310 e. The van der Waals surface area contributed by atoms with Gasteiger partial charge in [-0.15, -0.1) is 0 Å². The quantitative estimate of drug-likeness (QED) is 0.757. The van der Waals surface area contributed by atoms with E-state index >= 15 is 0 Å². The van der Waals surface area contributed by atoms with Crippen LogP contribution in [-0.4, -0.2) is 24.7 Å². The van der Waals surface area contributed by atoms with Crippen LogP contribution in [0.2, 0.25) is 0 Å². The maximum atomic E-state index is 12.0. The van der Waals surface area contributed by atoms with Gasteiger partial charge in [0.1, 0.15) is 0 Å². The van der Waals surface area contributed by atoms with Crippen LogP contribution in [0, 0.1) is 12.8 Å². The first kappa shape index (κ1) is 9.54. The van der Waals surface area contributed by atoms with E-state index in [9.17, 15) is 4.79 Å². The maximum absolute atomic E-state index is 12.0. The van der Waals surface area contributed by atoms with Gasteiger partial charge in [0.25, 0.3) is 5.91 Å². The molecule has 0 bridgehead atoms. The number of rotatable bonds is 1. The first-order valence-corrected chi connectivity index (χ1v) is 5.44. The van der Waals surface area contributed by atoms with Gasteiger partial charge in [-0.3, -0.25) is 4.79 Å². The minimum absolute atomic E-state index is 0.0405. The number of carbonyl (C=O) groups excluding carboxylic acids is 1. The molecular weight excluding hydrogens is 202 g/mol. The number of hydrogen-bond acceptors (Lipinski definition) is 3. The number of carbonyl (C=O) groups is 1. The molecule has 0 radical (unpaired) electrons. The zero-order valence-electron chi connectivity index (χ0n) is 9.10. The molecule has 3 rings (SSSR count). The molecule has 16 heavy (non-hydrogen) atoms. The normalized spacial score (nSPS) is 23.6. The number of hydrazone groups is 1. The highest BCUT2D eigenvalue weighted by Crippen LogP contribution is 2.25. The molecule has 4 nitrogen and oxygen atoms in total. The fourth-order valence-corrected chi connectivity index (χ4v) is 2.12. The van der Waals surface area contributed by atoms with E-state index in [-0.39, 0.29) is 11.8 Å². The third-order valence-electron chi connectivity index (χ3n) is 3.07. The fourth-order valence-electron chi connectivity index (χ4n) is 2.12. The minimum atomic E-state index is -0.0405. The van der Waals surface area contributed by atoms with Crippen LogP contribution in [0.3, 0.4) is 0 Å². The summed E-state index contributed by atoms with van der Waals surface area (Å²) in [5.41, 5.74) is 3.01. The summed E-state index contributed by atoms with van der Waals surface area (Å²) in [6.45, 7) is 3.49. The van der Waals surface area contributed by atoms with Gasteiger partial charge in [-0.05, 0) is 19.1 Å². The molecule has 1 saturated heterocycles. The molecule has 4 heteroatoms. The van der Waals surface area contributed by atoms with Crippen LogP contribution in [0.25, 0.3) is 0 Å². The van der Waals surface area contributed by atoms with Crippen LogP contribution in [-0.2, 0) is 4.79 Å². The molecule has 1 fully saturated rings. The van der Waals surface area contributed by atoms with Crippen LogP contribution in [0.5, 0.6) is 0 Å². The Labute approximate surface area is 93.9 Å². The molecule has 0 saturated carbocycles. The zero-order valence-corrected chi connectivity index (χ0v) is 9.10. The molecule has 1 N–H and O–H groups in total. The van der Waals surface area contributed by atoms with Gasteiger partial charge in [-0.25, -0.2) is 5.01 Å². The van der Waals surface area contributed by atoms with Gasteiger partial charge in [-0.1, -0.05) is 17.7 Å². The van der Waals surface area contributed by atoms with Crippen molar-refractivity contribution in [3.8, 4) is 0 Å². The van der Waals surface area contributed by atoms with Crippen LogP contribution in [0.4, 0.5) is 5.69 Å². The standard InChI is InChI=1S/C12H13N3O/c1-8-2-4-9(5-3-8)15-12(16)10-6-13-7-11(10)14-15/h2-5,10,13H,6-7H2,1H3. The summed E-state index contributed by atoms with van der Waals surface area (Å²) in [5.74, 6) is 0.0464. The maximum Gasteiger partial charge on any atom is 0.257 e. The van der Waals surface area contributed by atoms with Crippen molar-refractivity contribution in [3.63, 3.8) is 0 Å². The smallest absolute Gasteiger partial charge is 0.257 e. The summed E-state index contributed by atoms with van der Waals surface area (Å²) in [6, 6.07) is 7.86. The third-order valence-corrected chi connectivity index (χ3v) is 3.07. The molecule has 1 atom stereocenters. The number of amides is 1. The molecule has 82 valence electrons.